The summed E-state index contributed by atoms with van der Waals surface area (Å²) in [6, 6.07) is 4.35. The molecular weight excluding hydrogens is 240 g/mol. The number of hydrogen-bond acceptors (Lipinski definition) is 3. The van der Waals surface area contributed by atoms with Crippen LogP contribution in [0.3, 0.4) is 0 Å². The molecular formula is C15H28N2S. The second-order valence-electron chi connectivity index (χ2n) is 5.19. The Morgan fingerprint density at radius 2 is 2.17 bits per heavy atom. The second-order valence-corrected chi connectivity index (χ2v) is 6.22. The second kappa shape index (κ2) is 9.54. The monoisotopic (exact) mass is 268 g/mol. The van der Waals surface area contributed by atoms with Crippen molar-refractivity contribution in [2.75, 3.05) is 20.1 Å². The van der Waals surface area contributed by atoms with Gasteiger partial charge in [0, 0.05) is 11.4 Å². The highest BCUT2D eigenvalue weighted by Gasteiger charge is 2.07. The lowest BCUT2D eigenvalue weighted by Gasteiger charge is -2.19. The van der Waals surface area contributed by atoms with Crippen LogP contribution in [0.25, 0.3) is 0 Å². The fraction of sp³-hybridized carbons (Fsp3) is 0.733. The highest BCUT2D eigenvalue weighted by Crippen LogP contribution is 2.17. The molecule has 2 nitrogen and oxygen atoms in total. The SMILES string of the molecule is CCCC(CCN)CCCN(C)Cc1cccs1. The highest BCUT2D eigenvalue weighted by molar-refractivity contribution is 7.09. The van der Waals surface area contributed by atoms with Crippen molar-refractivity contribution < 1.29 is 0 Å². The summed E-state index contributed by atoms with van der Waals surface area (Å²) in [6.45, 7) is 5.40. The van der Waals surface area contributed by atoms with Crippen LogP contribution in [0, 0.1) is 5.92 Å². The van der Waals surface area contributed by atoms with E-state index in [4.69, 9.17) is 5.73 Å². The molecule has 3 heteroatoms. The van der Waals surface area contributed by atoms with Gasteiger partial charge in [-0.25, -0.2) is 0 Å². The van der Waals surface area contributed by atoms with Gasteiger partial charge in [-0.15, -0.1) is 11.3 Å². The Morgan fingerprint density at radius 3 is 2.78 bits per heavy atom. The summed E-state index contributed by atoms with van der Waals surface area (Å²) < 4.78 is 0. The van der Waals surface area contributed by atoms with E-state index in [1.165, 1.54) is 43.5 Å². The van der Waals surface area contributed by atoms with Crippen LogP contribution in [0.5, 0.6) is 0 Å². The van der Waals surface area contributed by atoms with Crippen molar-refractivity contribution in [2.24, 2.45) is 11.7 Å². The molecule has 104 valence electrons. The van der Waals surface area contributed by atoms with Gasteiger partial charge in [0.05, 0.1) is 0 Å². The van der Waals surface area contributed by atoms with Crippen molar-refractivity contribution in [3.8, 4) is 0 Å². The first-order chi connectivity index (χ1) is 8.76. The van der Waals surface area contributed by atoms with Gasteiger partial charge in [-0.2, -0.15) is 0 Å². The topological polar surface area (TPSA) is 29.3 Å². The lowest BCUT2D eigenvalue weighted by atomic mass is 9.94. The third-order valence-electron chi connectivity index (χ3n) is 3.43. The van der Waals surface area contributed by atoms with E-state index in [-0.39, 0.29) is 0 Å². The van der Waals surface area contributed by atoms with E-state index in [9.17, 15) is 0 Å². The summed E-state index contributed by atoms with van der Waals surface area (Å²) in [5, 5.41) is 2.15. The molecule has 0 spiro atoms. The molecule has 1 aromatic rings. The first kappa shape index (κ1) is 15.7. The summed E-state index contributed by atoms with van der Waals surface area (Å²) in [5.74, 6) is 0.843. The fourth-order valence-corrected chi connectivity index (χ4v) is 3.26. The van der Waals surface area contributed by atoms with Crippen LogP contribution in [0.2, 0.25) is 0 Å². The van der Waals surface area contributed by atoms with Gasteiger partial charge in [0.15, 0.2) is 0 Å². The zero-order valence-corrected chi connectivity index (χ0v) is 12.7. The van der Waals surface area contributed by atoms with E-state index in [2.05, 4.69) is 36.4 Å². The number of rotatable bonds is 10. The van der Waals surface area contributed by atoms with Gasteiger partial charge in [0.25, 0.3) is 0 Å². The number of nitrogens with zero attached hydrogens (tertiary/aromatic N) is 1. The fourth-order valence-electron chi connectivity index (χ4n) is 2.47. The average molecular weight is 268 g/mol. The van der Waals surface area contributed by atoms with Crippen molar-refractivity contribution in [3.05, 3.63) is 22.4 Å². The van der Waals surface area contributed by atoms with E-state index >= 15 is 0 Å². The molecule has 1 unspecified atom stereocenters. The summed E-state index contributed by atoms with van der Waals surface area (Å²) in [4.78, 5) is 3.89. The largest absolute Gasteiger partial charge is 0.330 e. The van der Waals surface area contributed by atoms with E-state index in [0.29, 0.717) is 0 Å². The summed E-state index contributed by atoms with van der Waals surface area (Å²) in [7, 11) is 2.22. The van der Waals surface area contributed by atoms with Crippen LogP contribution in [0.1, 0.15) is 43.9 Å². The van der Waals surface area contributed by atoms with E-state index in [0.717, 1.165) is 19.0 Å². The molecule has 1 heterocycles. The quantitative estimate of drug-likeness (QED) is 0.700. The summed E-state index contributed by atoms with van der Waals surface area (Å²) in [6.07, 6.45) is 6.45. The molecule has 0 saturated carbocycles. The molecule has 0 bridgehead atoms. The van der Waals surface area contributed by atoms with E-state index in [1.54, 1.807) is 0 Å². The van der Waals surface area contributed by atoms with Crippen molar-refractivity contribution in [1.82, 2.24) is 4.90 Å². The van der Waals surface area contributed by atoms with Crippen LogP contribution in [-0.4, -0.2) is 25.0 Å². The lowest BCUT2D eigenvalue weighted by Crippen LogP contribution is -2.19. The average Bonchev–Trinajstić information content (AvgIpc) is 2.82. The Morgan fingerprint density at radius 1 is 1.33 bits per heavy atom. The van der Waals surface area contributed by atoms with Crippen LogP contribution < -0.4 is 5.73 Å². The minimum absolute atomic E-state index is 0.843. The molecule has 0 saturated heterocycles. The van der Waals surface area contributed by atoms with Crippen molar-refractivity contribution in [3.63, 3.8) is 0 Å². The summed E-state index contributed by atoms with van der Waals surface area (Å²) >= 11 is 1.85. The molecule has 0 fully saturated rings. The Kier molecular flexibility index (Phi) is 8.31. The van der Waals surface area contributed by atoms with E-state index < -0.39 is 0 Å². The predicted molar refractivity (Wildman–Crippen MR) is 82.0 cm³/mol. The van der Waals surface area contributed by atoms with Gasteiger partial charge in [0.2, 0.25) is 0 Å². The molecule has 0 radical (unpaired) electrons. The van der Waals surface area contributed by atoms with Crippen LogP contribution in [0.15, 0.2) is 17.5 Å². The zero-order chi connectivity index (χ0) is 13.2. The normalized spacial score (nSPS) is 13.1. The number of hydrogen-bond donors (Lipinski definition) is 1. The van der Waals surface area contributed by atoms with Gasteiger partial charge in [-0.1, -0.05) is 25.8 Å². The van der Waals surface area contributed by atoms with Crippen molar-refractivity contribution in [1.29, 1.82) is 0 Å². The van der Waals surface area contributed by atoms with E-state index in [1.807, 2.05) is 11.3 Å². The standard InChI is InChI=1S/C15H28N2S/c1-3-6-14(9-10-16)7-4-11-17(2)13-15-8-5-12-18-15/h5,8,12,14H,3-4,6-7,9-11,13,16H2,1-2H3. The molecule has 2 N–H and O–H groups in total. The van der Waals surface area contributed by atoms with Crippen LogP contribution >= 0.6 is 11.3 Å². The molecule has 0 amide bonds. The lowest BCUT2D eigenvalue weighted by molar-refractivity contribution is 0.300. The van der Waals surface area contributed by atoms with Gasteiger partial charge >= 0.3 is 0 Å². The maximum atomic E-state index is 5.67. The van der Waals surface area contributed by atoms with Crippen molar-refractivity contribution >= 4 is 11.3 Å². The minimum atomic E-state index is 0.843. The molecule has 1 rings (SSSR count). The van der Waals surface area contributed by atoms with Gasteiger partial charge < -0.3 is 10.6 Å². The third-order valence-corrected chi connectivity index (χ3v) is 4.29. The predicted octanol–water partition coefficient (Wildman–Crippen LogP) is 3.73. The van der Waals surface area contributed by atoms with Gasteiger partial charge in [0.1, 0.15) is 0 Å². The first-order valence-corrected chi connectivity index (χ1v) is 8.05. The molecule has 0 aliphatic heterocycles. The number of thiophene rings is 1. The maximum Gasteiger partial charge on any atom is 0.0324 e. The van der Waals surface area contributed by atoms with Crippen molar-refractivity contribution in [2.45, 2.75) is 45.6 Å². The van der Waals surface area contributed by atoms with Gasteiger partial charge in [-0.05, 0) is 56.8 Å². The minimum Gasteiger partial charge on any atom is -0.330 e. The number of nitrogens with two attached hydrogens (primary N) is 1. The Labute approximate surface area is 116 Å². The Hall–Kier alpha value is -0.380. The Balaban J connectivity index is 2.15. The van der Waals surface area contributed by atoms with Gasteiger partial charge in [-0.3, -0.25) is 0 Å². The van der Waals surface area contributed by atoms with Crippen LogP contribution in [0.4, 0.5) is 0 Å². The molecule has 18 heavy (non-hydrogen) atoms. The maximum absolute atomic E-state index is 5.67. The smallest absolute Gasteiger partial charge is 0.0324 e. The molecule has 0 aliphatic carbocycles. The molecule has 0 aromatic carbocycles. The third kappa shape index (κ3) is 6.53. The highest BCUT2D eigenvalue weighted by atomic mass is 32.1. The summed E-state index contributed by atoms with van der Waals surface area (Å²) in [5.41, 5.74) is 5.67. The molecule has 0 aliphatic rings. The molecule has 1 aromatic heterocycles. The van der Waals surface area contributed by atoms with Crippen LogP contribution in [-0.2, 0) is 6.54 Å². The molecule has 1 atom stereocenters. The first-order valence-electron chi connectivity index (χ1n) is 7.17. The zero-order valence-electron chi connectivity index (χ0n) is 11.9. The Bertz CT molecular complexity index is 279.